The number of benzene rings is 1. The van der Waals surface area contributed by atoms with Gasteiger partial charge in [-0.1, -0.05) is 12.1 Å². The van der Waals surface area contributed by atoms with Crippen LogP contribution in [0.1, 0.15) is 41.3 Å². The Bertz CT molecular complexity index is 499. The first-order valence-corrected chi connectivity index (χ1v) is 7.92. The summed E-state index contributed by atoms with van der Waals surface area (Å²) in [7, 11) is 0. The molecule has 0 heterocycles. The Hall–Kier alpha value is -0.560. The highest BCUT2D eigenvalue weighted by atomic mass is 35.5. The van der Waals surface area contributed by atoms with E-state index in [0.717, 1.165) is 40.4 Å². The lowest BCUT2D eigenvalue weighted by Gasteiger charge is -2.16. The predicted octanol–water partition coefficient (Wildman–Crippen LogP) is 5.01. The maximum atomic E-state index is 13.7. The summed E-state index contributed by atoms with van der Waals surface area (Å²) >= 11 is 6.74. The van der Waals surface area contributed by atoms with Crippen molar-refractivity contribution in [2.45, 2.75) is 38.5 Å². The van der Waals surface area contributed by atoms with Gasteiger partial charge in [0.15, 0.2) is 0 Å². The van der Waals surface area contributed by atoms with Crippen molar-refractivity contribution in [2.75, 3.05) is 0 Å². The highest BCUT2D eigenvalue weighted by Gasteiger charge is 2.66. The van der Waals surface area contributed by atoms with E-state index in [1.165, 1.54) is 19.3 Å². The second-order valence-electron chi connectivity index (χ2n) is 6.94. The average Bonchev–Trinajstić information content (AvgIpc) is 2.82. The van der Waals surface area contributed by atoms with Gasteiger partial charge in [0.25, 0.3) is 0 Å². The van der Waals surface area contributed by atoms with Gasteiger partial charge in [-0.05, 0) is 79.4 Å². The first kappa shape index (κ1) is 12.2. The maximum Gasteiger partial charge on any atom is 0.129 e. The van der Waals surface area contributed by atoms with Crippen LogP contribution in [0.2, 0.25) is 0 Å². The zero-order valence-electron chi connectivity index (χ0n) is 11.5. The third-order valence-corrected chi connectivity index (χ3v) is 6.45. The molecule has 2 heteroatoms. The molecule has 3 aliphatic rings. The molecule has 0 N–H and O–H groups in total. The smallest absolute Gasteiger partial charge is 0.129 e. The fraction of sp³-hybridized carbons (Fsp3) is 0.647. The minimum Gasteiger partial charge on any atom is -0.206 e. The molecule has 0 spiro atoms. The van der Waals surface area contributed by atoms with Gasteiger partial charge in [-0.25, -0.2) is 4.39 Å². The molecule has 2 bridgehead atoms. The van der Waals surface area contributed by atoms with Crippen LogP contribution in [0.15, 0.2) is 12.1 Å². The first-order valence-electron chi connectivity index (χ1n) is 7.48. The monoisotopic (exact) mass is 278 g/mol. The summed E-state index contributed by atoms with van der Waals surface area (Å²) in [6.45, 7) is 3.68. The van der Waals surface area contributed by atoms with Crippen LogP contribution in [0, 0.1) is 49.3 Å². The van der Waals surface area contributed by atoms with Crippen LogP contribution in [0.25, 0.3) is 0 Å². The van der Waals surface area contributed by atoms with Gasteiger partial charge in [-0.15, -0.1) is 11.6 Å². The lowest BCUT2D eigenvalue weighted by molar-refractivity contribution is 0.454. The Kier molecular flexibility index (Phi) is 2.55. The Balaban J connectivity index is 1.61. The molecule has 0 aromatic heterocycles. The minimum atomic E-state index is -0.0799. The molecule has 3 aliphatic carbocycles. The molecule has 5 atom stereocenters. The van der Waals surface area contributed by atoms with Gasteiger partial charge in [-0.3, -0.25) is 0 Å². The van der Waals surface area contributed by atoms with E-state index < -0.39 is 0 Å². The molecule has 5 unspecified atom stereocenters. The summed E-state index contributed by atoms with van der Waals surface area (Å²) in [4.78, 5) is 0. The molecule has 0 radical (unpaired) electrons. The van der Waals surface area contributed by atoms with Gasteiger partial charge >= 0.3 is 0 Å². The first-order chi connectivity index (χ1) is 9.08. The number of alkyl halides is 1. The zero-order chi connectivity index (χ0) is 13.3. The fourth-order valence-electron chi connectivity index (χ4n) is 5.14. The van der Waals surface area contributed by atoms with Crippen LogP contribution < -0.4 is 0 Å². The van der Waals surface area contributed by atoms with E-state index in [1.54, 1.807) is 0 Å². The summed E-state index contributed by atoms with van der Waals surface area (Å²) in [5.74, 6) is 4.24. The number of halogens is 2. The highest BCUT2D eigenvalue weighted by Crippen LogP contribution is 2.73. The molecule has 102 valence electrons. The lowest BCUT2D eigenvalue weighted by atomic mass is 9.95. The molecule has 1 aromatic rings. The molecule has 3 saturated carbocycles. The van der Waals surface area contributed by atoms with E-state index in [2.05, 4.69) is 0 Å². The zero-order valence-corrected chi connectivity index (χ0v) is 12.3. The van der Waals surface area contributed by atoms with Gasteiger partial charge in [0, 0.05) is 0 Å². The van der Waals surface area contributed by atoms with Crippen molar-refractivity contribution in [3.05, 3.63) is 34.6 Å². The van der Waals surface area contributed by atoms with Gasteiger partial charge in [-0.2, -0.15) is 0 Å². The van der Waals surface area contributed by atoms with E-state index in [4.69, 9.17) is 11.6 Å². The number of hydrogen-bond acceptors (Lipinski definition) is 0. The van der Waals surface area contributed by atoms with Crippen molar-refractivity contribution >= 4 is 11.6 Å². The summed E-state index contributed by atoms with van der Waals surface area (Å²) in [5.41, 5.74) is 2.60. The lowest BCUT2D eigenvalue weighted by Crippen LogP contribution is -2.05. The van der Waals surface area contributed by atoms with Crippen LogP contribution in [-0.4, -0.2) is 0 Å². The molecule has 4 rings (SSSR count). The Morgan fingerprint density at radius 3 is 2.16 bits per heavy atom. The third kappa shape index (κ3) is 1.63. The van der Waals surface area contributed by atoms with Crippen LogP contribution in [0.5, 0.6) is 0 Å². The van der Waals surface area contributed by atoms with E-state index in [1.807, 2.05) is 26.0 Å². The quantitative estimate of drug-likeness (QED) is 0.667. The molecule has 19 heavy (non-hydrogen) atoms. The Morgan fingerprint density at radius 1 is 1.11 bits per heavy atom. The van der Waals surface area contributed by atoms with Gasteiger partial charge in [0.1, 0.15) is 5.82 Å². The number of aryl methyl sites for hydroxylation is 2. The second-order valence-corrected chi connectivity index (χ2v) is 7.41. The molecular formula is C17H20ClF. The SMILES string of the molecule is Cc1cc(C(Cl)C2C3C4CCC(C4)C32)cc(C)c1F. The van der Waals surface area contributed by atoms with Gasteiger partial charge in [0.2, 0.25) is 0 Å². The van der Waals surface area contributed by atoms with Crippen LogP contribution in [-0.2, 0) is 0 Å². The van der Waals surface area contributed by atoms with E-state index in [9.17, 15) is 4.39 Å². The molecular weight excluding hydrogens is 259 g/mol. The average molecular weight is 279 g/mol. The standard InChI is InChI=1S/C17H20ClF/c1-8-5-12(6-9(2)17(8)19)16(18)15-13-10-3-4-11(7-10)14(13)15/h5-6,10-11,13-16H,3-4,7H2,1-2H3. The fourth-order valence-corrected chi connectivity index (χ4v) is 5.61. The van der Waals surface area contributed by atoms with Gasteiger partial charge in [0.05, 0.1) is 5.38 Å². The van der Waals surface area contributed by atoms with Crippen molar-refractivity contribution in [2.24, 2.45) is 29.6 Å². The summed E-state index contributed by atoms with van der Waals surface area (Å²) in [6, 6.07) is 3.91. The number of rotatable bonds is 2. The predicted molar refractivity (Wildman–Crippen MR) is 75.8 cm³/mol. The van der Waals surface area contributed by atoms with Crippen molar-refractivity contribution in [3.8, 4) is 0 Å². The molecule has 0 aliphatic heterocycles. The third-order valence-electron chi connectivity index (χ3n) is 5.91. The second kappa shape index (κ2) is 3.97. The summed E-state index contributed by atoms with van der Waals surface area (Å²) in [6.07, 6.45) is 4.30. The number of hydrogen-bond donors (Lipinski definition) is 0. The topological polar surface area (TPSA) is 0 Å². The summed E-state index contributed by atoms with van der Waals surface area (Å²) < 4.78 is 13.7. The van der Waals surface area contributed by atoms with E-state index in [-0.39, 0.29) is 11.2 Å². The Morgan fingerprint density at radius 2 is 1.63 bits per heavy atom. The molecule has 1 aromatic carbocycles. The van der Waals surface area contributed by atoms with Crippen molar-refractivity contribution < 1.29 is 4.39 Å². The van der Waals surface area contributed by atoms with Crippen LogP contribution >= 0.6 is 11.6 Å². The van der Waals surface area contributed by atoms with Crippen molar-refractivity contribution in [3.63, 3.8) is 0 Å². The highest BCUT2D eigenvalue weighted by molar-refractivity contribution is 6.21. The van der Waals surface area contributed by atoms with E-state index >= 15 is 0 Å². The minimum absolute atomic E-state index is 0.0799. The maximum absolute atomic E-state index is 13.7. The molecule has 0 nitrogen and oxygen atoms in total. The van der Waals surface area contributed by atoms with Crippen molar-refractivity contribution in [1.82, 2.24) is 0 Å². The normalized spacial score (nSPS) is 40.3. The van der Waals surface area contributed by atoms with Crippen LogP contribution in [0.4, 0.5) is 4.39 Å². The Labute approximate surface area is 119 Å². The van der Waals surface area contributed by atoms with Crippen LogP contribution in [0.3, 0.4) is 0 Å². The molecule has 3 fully saturated rings. The van der Waals surface area contributed by atoms with E-state index in [0.29, 0.717) is 5.92 Å². The molecule has 0 saturated heterocycles. The van der Waals surface area contributed by atoms with Gasteiger partial charge < -0.3 is 0 Å². The largest absolute Gasteiger partial charge is 0.206 e. The number of fused-ring (bicyclic) bond motifs is 5. The summed E-state index contributed by atoms with van der Waals surface area (Å²) in [5, 5.41) is 0.0939. The van der Waals surface area contributed by atoms with Crippen molar-refractivity contribution in [1.29, 1.82) is 0 Å². The molecule has 0 amide bonds.